The van der Waals surface area contributed by atoms with E-state index in [4.69, 9.17) is 0 Å². The molecule has 0 aliphatic carbocycles. The van der Waals surface area contributed by atoms with Gasteiger partial charge < -0.3 is 5.32 Å². The van der Waals surface area contributed by atoms with Crippen LogP contribution in [0.2, 0.25) is 0 Å². The number of hydrogen-bond donors (Lipinski definition) is 1. The second-order valence-corrected chi connectivity index (χ2v) is 4.00. The van der Waals surface area contributed by atoms with Crippen LogP contribution in [0.1, 0.15) is 5.56 Å². The zero-order valence-corrected chi connectivity index (χ0v) is 10.7. The highest BCUT2D eigenvalue weighted by Crippen LogP contribution is 2.17. The Bertz CT molecular complexity index is 525. The number of alkyl halides is 1. The minimum atomic E-state index is -0.0837. The van der Waals surface area contributed by atoms with Gasteiger partial charge in [-0.05, 0) is 41.1 Å². The third kappa shape index (κ3) is 2.68. The predicted molar refractivity (Wildman–Crippen MR) is 66.3 cm³/mol. The monoisotopic (exact) mass is 295 g/mol. The molecule has 0 aliphatic rings. The lowest BCUT2D eigenvalue weighted by molar-refractivity contribution is -0.113. The van der Waals surface area contributed by atoms with Gasteiger partial charge in [-0.15, -0.1) is 5.10 Å². The van der Waals surface area contributed by atoms with Crippen LogP contribution in [-0.2, 0) is 4.79 Å². The standard InChI is InChI=1S/C10H10BrN5O/c1-7-4-8(13-10(17)5-11)2-3-9(7)16-6-12-14-15-16/h2-4,6H,5H2,1H3,(H,13,17). The van der Waals surface area contributed by atoms with E-state index in [0.29, 0.717) is 0 Å². The zero-order valence-electron chi connectivity index (χ0n) is 9.09. The zero-order chi connectivity index (χ0) is 12.3. The van der Waals surface area contributed by atoms with Gasteiger partial charge in [0.1, 0.15) is 6.33 Å². The second kappa shape index (κ2) is 5.05. The van der Waals surface area contributed by atoms with Crippen LogP contribution in [0.4, 0.5) is 5.69 Å². The molecule has 88 valence electrons. The molecule has 0 bridgehead atoms. The number of rotatable bonds is 3. The fraction of sp³-hybridized carbons (Fsp3) is 0.200. The van der Waals surface area contributed by atoms with E-state index in [2.05, 4.69) is 36.8 Å². The molecule has 1 aromatic carbocycles. The molecule has 2 aromatic rings. The first kappa shape index (κ1) is 11.7. The molecule has 7 heteroatoms. The van der Waals surface area contributed by atoms with E-state index < -0.39 is 0 Å². The highest BCUT2D eigenvalue weighted by Gasteiger charge is 2.05. The minimum Gasteiger partial charge on any atom is -0.325 e. The molecule has 0 atom stereocenters. The van der Waals surface area contributed by atoms with E-state index in [9.17, 15) is 4.79 Å². The number of halogens is 1. The normalized spacial score (nSPS) is 10.2. The van der Waals surface area contributed by atoms with Crippen LogP contribution in [0, 0.1) is 6.92 Å². The van der Waals surface area contributed by atoms with Crippen LogP contribution in [0.25, 0.3) is 5.69 Å². The number of benzene rings is 1. The molecule has 0 saturated carbocycles. The molecule has 0 spiro atoms. The Hall–Kier alpha value is -1.76. The van der Waals surface area contributed by atoms with Gasteiger partial charge in [0.25, 0.3) is 0 Å². The lowest BCUT2D eigenvalue weighted by Gasteiger charge is -2.08. The molecule has 1 amide bonds. The fourth-order valence-corrected chi connectivity index (χ4v) is 1.60. The van der Waals surface area contributed by atoms with Gasteiger partial charge in [-0.1, -0.05) is 15.9 Å². The van der Waals surface area contributed by atoms with E-state index in [1.54, 1.807) is 4.68 Å². The molecule has 6 nitrogen and oxygen atoms in total. The summed E-state index contributed by atoms with van der Waals surface area (Å²) in [5, 5.41) is 14.0. The van der Waals surface area contributed by atoms with E-state index >= 15 is 0 Å². The third-order valence-corrected chi connectivity index (χ3v) is 2.71. The number of aromatic nitrogens is 4. The molecule has 0 aliphatic heterocycles. The molecular formula is C10H10BrN5O. The average molecular weight is 296 g/mol. The number of aryl methyl sites for hydroxylation is 1. The van der Waals surface area contributed by atoms with Gasteiger partial charge in [0, 0.05) is 5.69 Å². The van der Waals surface area contributed by atoms with Gasteiger partial charge in [-0.2, -0.15) is 0 Å². The lowest BCUT2D eigenvalue weighted by atomic mass is 10.2. The number of nitrogens with zero attached hydrogens (tertiary/aromatic N) is 4. The number of hydrogen-bond acceptors (Lipinski definition) is 4. The van der Waals surface area contributed by atoms with Crippen LogP contribution in [-0.4, -0.2) is 31.4 Å². The van der Waals surface area contributed by atoms with Crippen molar-refractivity contribution in [3.63, 3.8) is 0 Å². The molecule has 1 N–H and O–H groups in total. The molecule has 0 radical (unpaired) electrons. The van der Waals surface area contributed by atoms with Crippen LogP contribution < -0.4 is 5.32 Å². The summed E-state index contributed by atoms with van der Waals surface area (Å²) >= 11 is 3.09. The Balaban J connectivity index is 2.26. The first-order valence-corrected chi connectivity index (χ1v) is 6.02. The average Bonchev–Trinajstić information content (AvgIpc) is 2.82. The number of nitrogens with one attached hydrogen (secondary N) is 1. The van der Waals surface area contributed by atoms with E-state index in [1.807, 2.05) is 25.1 Å². The molecule has 0 unspecified atom stereocenters. The molecule has 0 saturated heterocycles. The van der Waals surface area contributed by atoms with Gasteiger partial charge >= 0.3 is 0 Å². The van der Waals surface area contributed by atoms with Crippen molar-refractivity contribution in [2.24, 2.45) is 0 Å². The number of amides is 1. The summed E-state index contributed by atoms with van der Waals surface area (Å²) < 4.78 is 1.57. The van der Waals surface area contributed by atoms with Crippen molar-refractivity contribution in [3.8, 4) is 5.69 Å². The maximum Gasteiger partial charge on any atom is 0.235 e. The van der Waals surface area contributed by atoms with Gasteiger partial charge in [0.05, 0.1) is 11.0 Å². The third-order valence-electron chi connectivity index (χ3n) is 2.20. The van der Waals surface area contributed by atoms with Gasteiger partial charge in [-0.25, -0.2) is 4.68 Å². The van der Waals surface area contributed by atoms with Crippen LogP contribution in [0.15, 0.2) is 24.5 Å². The van der Waals surface area contributed by atoms with E-state index in [-0.39, 0.29) is 11.2 Å². The largest absolute Gasteiger partial charge is 0.325 e. The van der Waals surface area contributed by atoms with Crippen molar-refractivity contribution in [3.05, 3.63) is 30.1 Å². The summed E-state index contributed by atoms with van der Waals surface area (Å²) in [6.45, 7) is 1.93. The Morgan fingerprint density at radius 2 is 2.35 bits per heavy atom. The molecule has 1 aromatic heterocycles. The summed E-state index contributed by atoms with van der Waals surface area (Å²) in [6, 6.07) is 5.54. The molecule has 2 rings (SSSR count). The van der Waals surface area contributed by atoms with Crippen molar-refractivity contribution in [2.75, 3.05) is 10.6 Å². The molecule has 1 heterocycles. The van der Waals surface area contributed by atoms with Crippen LogP contribution in [0.5, 0.6) is 0 Å². The molecule has 0 fully saturated rings. The Labute approximate surface area is 106 Å². The smallest absolute Gasteiger partial charge is 0.235 e. The van der Waals surface area contributed by atoms with Crippen molar-refractivity contribution in [2.45, 2.75) is 6.92 Å². The SMILES string of the molecule is Cc1cc(NC(=O)CBr)ccc1-n1cnnn1. The quantitative estimate of drug-likeness (QED) is 0.867. The first-order chi connectivity index (χ1) is 8.20. The van der Waals surface area contributed by atoms with Gasteiger partial charge in [-0.3, -0.25) is 4.79 Å². The maximum absolute atomic E-state index is 11.2. The summed E-state index contributed by atoms with van der Waals surface area (Å²) in [7, 11) is 0. The van der Waals surface area contributed by atoms with Crippen molar-refractivity contribution in [1.82, 2.24) is 20.2 Å². The van der Waals surface area contributed by atoms with E-state index in [1.165, 1.54) is 6.33 Å². The molecular weight excluding hydrogens is 286 g/mol. The topological polar surface area (TPSA) is 72.7 Å². The first-order valence-electron chi connectivity index (χ1n) is 4.90. The van der Waals surface area contributed by atoms with Crippen molar-refractivity contribution in [1.29, 1.82) is 0 Å². The highest BCUT2D eigenvalue weighted by atomic mass is 79.9. The summed E-state index contributed by atoms with van der Waals surface area (Å²) in [5.74, 6) is -0.0837. The van der Waals surface area contributed by atoms with Crippen LogP contribution >= 0.6 is 15.9 Å². The Morgan fingerprint density at radius 3 is 2.94 bits per heavy atom. The Kier molecular flexibility index (Phi) is 3.48. The molecule has 17 heavy (non-hydrogen) atoms. The lowest BCUT2D eigenvalue weighted by Crippen LogP contribution is -2.12. The minimum absolute atomic E-state index is 0.0837. The summed E-state index contributed by atoms with van der Waals surface area (Å²) in [4.78, 5) is 11.2. The second-order valence-electron chi connectivity index (χ2n) is 3.44. The number of tetrazole rings is 1. The van der Waals surface area contributed by atoms with E-state index in [0.717, 1.165) is 16.9 Å². The van der Waals surface area contributed by atoms with Crippen LogP contribution in [0.3, 0.4) is 0 Å². The maximum atomic E-state index is 11.2. The van der Waals surface area contributed by atoms with Gasteiger partial charge in [0.15, 0.2) is 0 Å². The highest BCUT2D eigenvalue weighted by molar-refractivity contribution is 9.09. The summed E-state index contributed by atoms with van der Waals surface area (Å²) in [6.07, 6.45) is 1.53. The summed E-state index contributed by atoms with van der Waals surface area (Å²) in [5.41, 5.74) is 2.61. The number of carbonyl (C=O) groups excluding carboxylic acids is 1. The van der Waals surface area contributed by atoms with Crippen molar-refractivity contribution >= 4 is 27.5 Å². The fourth-order valence-electron chi connectivity index (χ4n) is 1.46. The Morgan fingerprint density at radius 1 is 1.53 bits per heavy atom. The predicted octanol–water partition coefficient (Wildman–Crippen LogP) is 1.30. The van der Waals surface area contributed by atoms with Gasteiger partial charge in [0.2, 0.25) is 5.91 Å². The van der Waals surface area contributed by atoms with Crippen molar-refractivity contribution < 1.29 is 4.79 Å². The number of anilines is 1. The number of carbonyl (C=O) groups is 1.